The molecule has 0 spiro atoms. The molecule has 0 aliphatic rings. The largest absolute Gasteiger partial charge is 0.481 e. The molecular weight excluding hydrogens is 344 g/mol. The van der Waals surface area contributed by atoms with E-state index < -0.39 is 24.0 Å². The smallest absolute Gasteiger partial charge is 0.304 e. The zero-order valence-corrected chi connectivity index (χ0v) is 15.2. The normalized spacial score (nSPS) is 12.8. The Morgan fingerprint density at radius 3 is 1.65 bits per heavy atom. The molecule has 0 aromatic rings. The monoisotopic (exact) mass is 374 g/mol. The Hall–Kier alpha value is -1.97. The molecule has 0 saturated heterocycles. The number of aliphatic hydroxyl groups excluding tert-OH is 1. The van der Waals surface area contributed by atoms with Crippen LogP contribution in [0.3, 0.4) is 0 Å². The van der Waals surface area contributed by atoms with Gasteiger partial charge in [-0.15, -0.1) is 0 Å². The van der Waals surface area contributed by atoms with Crippen LogP contribution in [0.25, 0.3) is 0 Å². The molecule has 0 aliphatic carbocycles. The first-order chi connectivity index (χ1) is 12.2. The molecule has 0 saturated carbocycles. The van der Waals surface area contributed by atoms with Crippen LogP contribution in [-0.4, -0.2) is 93.5 Å². The number of carboxylic acids is 3. The van der Waals surface area contributed by atoms with Crippen molar-refractivity contribution in [1.82, 2.24) is 9.80 Å². The lowest BCUT2D eigenvalue weighted by Gasteiger charge is -2.27. The first-order valence-electron chi connectivity index (χ1n) is 8.69. The van der Waals surface area contributed by atoms with E-state index in [1.165, 1.54) is 0 Å². The maximum atomic E-state index is 10.8. The highest BCUT2D eigenvalue weighted by Crippen LogP contribution is 2.01. The third kappa shape index (κ3) is 14.4. The summed E-state index contributed by atoms with van der Waals surface area (Å²) in [5, 5.41) is 36.5. The second-order valence-electron chi connectivity index (χ2n) is 5.98. The first kappa shape index (κ1) is 24.0. The summed E-state index contributed by atoms with van der Waals surface area (Å²) < 4.78 is 0. The van der Waals surface area contributed by atoms with Gasteiger partial charge in [0, 0.05) is 39.3 Å². The molecule has 0 rings (SSSR count). The third-order valence-electron chi connectivity index (χ3n) is 3.70. The summed E-state index contributed by atoms with van der Waals surface area (Å²) in [4.78, 5) is 35.8. The van der Waals surface area contributed by atoms with Gasteiger partial charge in [0.1, 0.15) is 0 Å². The van der Waals surface area contributed by atoms with Crippen LogP contribution in [0.15, 0.2) is 12.2 Å². The van der Waals surface area contributed by atoms with Crippen molar-refractivity contribution in [2.24, 2.45) is 0 Å². The van der Waals surface area contributed by atoms with Crippen LogP contribution < -0.4 is 0 Å². The minimum Gasteiger partial charge on any atom is -0.481 e. The van der Waals surface area contributed by atoms with Crippen molar-refractivity contribution in [1.29, 1.82) is 0 Å². The quantitative estimate of drug-likeness (QED) is 0.282. The van der Waals surface area contributed by atoms with Crippen LogP contribution in [0.1, 0.15) is 32.6 Å². The van der Waals surface area contributed by atoms with Gasteiger partial charge in [-0.3, -0.25) is 19.3 Å². The molecule has 0 heterocycles. The predicted molar refractivity (Wildman–Crippen MR) is 95.1 cm³/mol. The Bertz CT molecular complexity index is 450. The number of nitrogens with zero attached hydrogens (tertiary/aromatic N) is 2. The number of hydrogen-bond acceptors (Lipinski definition) is 6. The van der Waals surface area contributed by atoms with Crippen LogP contribution in [0.5, 0.6) is 0 Å². The van der Waals surface area contributed by atoms with Crippen LogP contribution in [0.2, 0.25) is 0 Å². The second-order valence-corrected chi connectivity index (χ2v) is 5.98. The molecule has 26 heavy (non-hydrogen) atoms. The molecule has 1 unspecified atom stereocenters. The lowest BCUT2D eigenvalue weighted by molar-refractivity contribution is -0.139. The number of carboxylic acid groups (broad SMARTS) is 3. The molecule has 0 radical (unpaired) electrons. The van der Waals surface area contributed by atoms with Gasteiger partial charge in [-0.05, 0) is 6.42 Å². The van der Waals surface area contributed by atoms with E-state index in [4.69, 9.17) is 15.3 Å². The number of hydrogen-bond donors (Lipinski definition) is 4. The highest BCUT2D eigenvalue weighted by molar-refractivity contribution is 5.67. The SMILES string of the molecule is CC/C=C/C(O)CN(CCC(=O)O)CCN(CCC(=O)O)CCC(=O)O. The Morgan fingerprint density at radius 1 is 0.808 bits per heavy atom. The standard InChI is InChI=1S/C17H30N2O7/c1-2-3-4-14(20)13-19(10-7-17(25)26)12-11-18(8-5-15(21)22)9-6-16(23)24/h3-4,14,20H,2,5-13H2,1H3,(H,21,22)(H,23,24)(H,25,26)/b4-3+. The molecule has 0 aromatic carbocycles. The molecule has 0 aromatic heterocycles. The van der Waals surface area contributed by atoms with E-state index in [9.17, 15) is 19.5 Å². The Labute approximate surface area is 153 Å². The third-order valence-corrected chi connectivity index (χ3v) is 3.70. The molecule has 0 bridgehead atoms. The zero-order chi connectivity index (χ0) is 19.9. The summed E-state index contributed by atoms with van der Waals surface area (Å²) in [6.45, 7) is 3.68. The summed E-state index contributed by atoms with van der Waals surface area (Å²) >= 11 is 0. The molecule has 0 fully saturated rings. The molecular formula is C17H30N2O7. The Kier molecular flexibility index (Phi) is 13.1. The van der Waals surface area contributed by atoms with E-state index in [-0.39, 0.29) is 45.4 Å². The molecule has 9 heteroatoms. The predicted octanol–water partition coefficient (Wildman–Crippen LogP) is 0.342. The summed E-state index contributed by atoms with van der Waals surface area (Å²) in [5.41, 5.74) is 0. The topological polar surface area (TPSA) is 139 Å². The van der Waals surface area contributed by atoms with Crippen LogP contribution in [0.4, 0.5) is 0 Å². The van der Waals surface area contributed by atoms with Crippen molar-refractivity contribution >= 4 is 17.9 Å². The van der Waals surface area contributed by atoms with E-state index in [1.54, 1.807) is 15.9 Å². The fourth-order valence-electron chi connectivity index (χ4n) is 2.29. The summed E-state index contributed by atoms with van der Waals surface area (Å²) in [5.74, 6) is -2.87. The Morgan fingerprint density at radius 2 is 1.23 bits per heavy atom. The number of allylic oxidation sites excluding steroid dienone is 1. The minimum absolute atomic E-state index is 0.0749. The first-order valence-corrected chi connectivity index (χ1v) is 8.69. The van der Waals surface area contributed by atoms with Gasteiger partial charge in [0.2, 0.25) is 0 Å². The number of rotatable bonds is 16. The van der Waals surface area contributed by atoms with Crippen LogP contribution in [0, 0.1) is 0 Å². The van der Waals surface area contributed by atoms with Crippen molar-refractivity contribution in [3.05, 3.63) is 12.2 Å². The van der Waals surface area contributed by atoms with E-state index >= 15 is 0 Å². The van der Waals surface area contributed by atoms with Gasteiger partial charge in [-0.1, -0.05) is 19.1 Å². The van der Waals surface area contributed by atoms with Gasteiger partial charge in [-0.25, -0.2) is 0 Å². The lowest BCUT2D eigenvalue weighted by atomic mass is 10.2. The average molecular weight is 374 g/mol. The van der Waals surface area contributed by atoms with E-state index in [0.29, 0.717) is 13.1 Å². The number of carbonyl (C=O) groups is 3. The molecule has 150 valence electrons. The van der Waals surface area contributed by atoms with Crippen molar-refractivity contribution in [2.45, 2.75) is 38.7 Å². The van der Waals surface area contributed by atoms with Crippen molar-refractivity contribution in [2.75, 3.05) is 39.3 Å². The van der Waals surface area contributed by atoms with Gasteiger partial charge in [0.05, 0.1) is 25.4 Å². The van der Waals surface area contributed by atoms with Gasteiger partial charge in [0.15, 0.2) is 0 Å². The van der Waals surface area contributed by atoms with E-state index in [0.717, 1.165) is 6.42 Å². The molecule has 0 amide bonds. The van der Waals surface area contributed by atoms with Gasteiger partial charge >= 0.3 is 17.9 Å². The highest BCUT2D eigenvalue weighted by atomic mass is 16.4. The molecule has 1 atom stereocenters. The molecule has 4 N–H and O–H groups in total. The number of aliphatic carboxylic acids is 3. The molecule has 9 nitrogen and oxygen atoms in total. The van der Waals surface area contributed by atoms with Gasteiger partial charge in [0.25, 0.3) is 0 Å². The Balaban J connectivity index is 4.70. The zero-order valence-electron chi connectivity index (χ0n) is 15.2. The van der Waals surface area contributed by atoms with Crippen LogP contribution >= 0.6 is 0 Å². The number of aliphatic hydroxyl groups is 1. The average Bonchev–Trinajstić information content (AvgIpc) is 2.56. The fourth-order valence-corrected chi connectivity index (χ4v) is 2.29. The van der Waals surface area contributed by atoms with Crippen LogP contribution in [-0.2, 0) is 14.4 Å². The van der Waals surface area contributed by atoms with E-state index in [1.807, 2.05) is 13.0 Å². The fraction of sp³-hybridized carbons (Fsp3) is 0.706. The minimum atomic E-state index is -0.965. The second kappa shape index (κ2) is 14.2. The van der Waals surface area contributed by atoms with Crippen molar-refractivity contribution < 1.29 is 34.8 Å². The maximum absolute atomic E-state index is 10.8. The van der Waals surface area contributed by atoms with E-state index in [2.05, 4.69) is 0 Å². The van der Waals surface area contributed by atoms with Gasteiger partial charge in [-0.2, -0.15) is 0 Å². The van der Waals surface area contributed by atoms with Crippen molar-refractivity contribution in [3.63, 3.8) is 0 Å². The highest BCUT2D eigenvalue weighted by Gasteiger charge is 2.15. The summed E-state index contributed by atoms with van der Waals surface area (Å²) in [6, 6.07) is 0. The molecule has 0 aliphatic heterocycles. The maximum Gasteiger partial charge on any atom is 0.304 e. The summed E-state index contributed by atoms with van der Waals surface area (Å²) in [6.07, 6.45) is 3.26. The van der Waals surface area contributed by atoms with Crippen molar-refractivity contribution in [3.8, 4) is 0 Å². The lowest BCUT2D eigenvalue weighted by Crippen LogP contribution is -2.40. The van der Waals surface area contributed by atoms with Gasteiger partial charge < -0.3 is 25.3 Å². The summed E-state index contributed by atoms with van der Waals surface area (Å²) in [7, 11) is 0.